The SMILES string of the molecule is C#CCCCN(CC)c1ccc(N=Nc2ccc([N+](=O)[O-])cc2)cc1. The van der Waals surface area contributed by atoms with Gasteiger partial charge in [-0.3, -0.25) is 10.1 Å². The minimum absolute atomic E-state index is 0.0350. The molecule has 128 valence electrons. The average Bonchev–Trinajstić information content (AvgIpc) is 2.64. The number of terminal acetylenes is 1. The number of nitro groups is 1. The maximum absolute atomic E-state index is 10.6. The van der Waals surface area contributed by atoms with E-state index in [-0.39, 0.29) is 5.69 Å². The van der Waals surface area contributed by atoms with E-state index in [2.05, 4.69) is 28.0 Å². The zero-order valence-corrected chi connectivity index (χ0v) is 14.1. The fourth-order valence-electron chi connectivity index (χ4n) is 2.33. The Labute approximate surface area is 147 Å². The Bertz CT molecular complexity index is 762. The fourth-order valence-corrected chi connectivity index (χ4v) is 2.33. The van der Waals surface area contributed by atoms with Crippen LogP contribution in [0.25, 0.3) is 0 Å². The highest BCUT2D eigenvalue weighted by Gasteiger charge is 2.04. The highest BCUT2D eigenvalue weighted by atomic mass is 16.6. The molecule has 0 fully saturated rings. The molecule has 0 aromatic heterocycles. The molecule has 0 aliphatic heterocycles. The fraction of sp³-hybridized carbons (Fsp3) is 0.263. The van der Waals surface area contributed by atoms with Gasteiger partial charge in [0.25, 0.3) is 5.69 Å². The summed E-state index contributed by atoms with van der Waals surface area (Å²) in [5.41, 5.74) is 2.45. The largest absolute Gasteiger partial charge is 0.372 e. The molecule has 25 heavy (non-hydrogen) atoms. The van der Waals surface area contributed by atoms with E-state index in [1.165, 1.54) is 12.1 Å². The van der Waals surface area contributed by atoms with Crippen molar-refractivity contribution in [2.45, 2.75) is 19.8 Å². The molecule has 0 unspecified atom stereocenters. The molecule has 6 heteroatoms. The number of nitrogens with zero attached hydrogens (tertiary/aromatic N) is 4. The van der Waals surface area contributed by atoms with E-state index in [4.69, 9.17) is 6.42 Å². The Morgan fingerprint density at radius 1 is 1.08 bits per heavy atom. The molecule has 0 spiro atoms. The van der Waals surface area contributed by atoms with Crippen LogP contribution in [0, 0.1) is 22.5 Å². The monoisotopic (exact) mass is 336 g/mol. The first kappa shape index (κ1) is 18.1. The summed E-state index contributed by atoms with van der Waals surface area (Å²) < 4.78 is 0. The highest BCUT2D eigenvalue weighted by Crippen LogP contribution is 2.23. The molecule has 0 aliphatic rings. The van der Waals surface area contributed by atoms with Gasteiger partial charge in [-0.05, 0) is 49.7 Å². The zero-order chi connectivity index (χ0) is 18.1. The third kappa shape index (κ3) is 5.43. The molecule has 0 saturated carbocycles. The summed E-state index contributed by atoms with van der Waals surface area (Å²) in [6, 6.07) is 13.8. The molecule has 2 aromatic carbocycles. The first-order valence-corrected chi connectivity index (χ1v) is 8.08. The second-order valence-electron chi connectivity index (χ2n) is 5.38. The lowest BCUT2D eigenvalue weighted by Gasteiger charge is -2.22. The smallest absolute Gasteiger partial charge is 0.269 e. The van der Waals surface area contributed by atoms with Crippen LogP contribution in [0.15, 0.2) is 58.8 Å². The normalized spacial score (nSPS) is 10.6. The summed E-state index contributed by atoms with van der Waals surface area (Å²) in [6.07, 6.45) is 7.03. The summed E-state index contributed by atoms with van der Waals surface area (Å²) in [5, 5.41) is 18.9. The van der Waals surface area contributed by atoms with Gasteiger partial charge in [0, 0.05) is 37.3 Å². The lowest BCUT2D eigenvalue weighted by Crippen LogP contribution is -2.23. The second-order valence-corrected chi connectivity index (χ2v) is 5.38. The van der Waals surface area contributed by atoms with E-state index >= 15 is 0 Å². The Morgan fingerprint density at radius 3 is 2.12 bits per heavy atom. The van der Waals surface area contributed by atoms with Gasteiger partial charge in [0.1, 0.15) is 0 Å². The number of nitro benzene ring substituents is 1. The van der Waals surface area contributed by atoms with E-state index in [1.807, 2.05) is 24.3 Å². The first-order valence-electron chi connectivity index (χ1n) is 8.08. The molecular weight excluding hydrogens is 316 g/mol. The van der Waals surface area contributed by atoms with Crippen molar-refractivity contribution in [2.24, 2.45) is 10.2 Å². The molecule has 0 radical (unpaired) electrons. The van der Waals surface area contributed by atoms with Crippen molar-refractivity contribution in [2.75, 3.05) is 18.0 Å². The number of benzene rings is 2. The number of anilines is 1. The van der Waals surface area contributed by atoms with E-state index in [0.29, 0.717) is 5.69 Å². The van der Waals surface area contributed by atoms with Crippen LogP contribution in [0.3, 0.4) is 0 Å². The predicted octanol–water partition coefficient (Wildman–Crippen LogP) is 5.25. The van der Waals surface area contributed by atoms with Crippen molar-refractivity contribution < 1.29 is 4.92 Å². The van der Waals surface area contributed by atoms with Crippen molar-refractivity contribution in [3.05, 3.63) is 58.6 Å². The van der Waals surface area contributed by atoms with Crippen molar-refractivity contribution in [3.8, 4) is 12.3 Å². The number of azo groups is 1. The van der Waals surface area contributed by atoms with Crippen LogP contribution in [0.4, 0.5) is 22.7 Å². The van der Waals surface area contributed by atoms with Crippen molar-refractivity contribution in [3.63, 3.8) is 0 Å². The third-order valence-corrected chi connectivity index (χ3v) is 3.69. The van der Waals surface area contributed by atoms with E-state index in [0.717, 1.165) is 37.3 Å². The second kappa shape index (κ2) is 9.18. The lowest BCUT2D eigenvalue weighted by molar-refractivity contribution is -0.384. The van der Waals surface area contributed by atoms with Gasteiger partial charge < -0.3 is 4.90 Å². The maximum atomic E-state index is 10.6. The first-order chi connectivity index (χ1) is 12.1. The van der Waals surface area contributed by atoms with Gasteiger partial charge in [-0.15, -0.1) is 12.3 Å². The van der Waals surface area contributed by atoms with Crippen LogP contribution in [0.5, 0.6) is 0 Å². The van der Waals surface area contributed by atoms with Gasteiger partial charge in [0.05, 0.1) is 16.3 Å². The molecule has 2 rings (SSSR count). The number of unbranched alkanes of at least 4 members (excludes halogenated alkanes) is 1. The molecular formula is C19H20N4O2. The molecule has 0 N–H and O–H groups in total. The molecule has 6 nitrogen and oxygen atoms in total. The van der Waals surface area contributed by atoms with Crippen LogP contribution >= 0.6 is 0 Å². The quantitative estimate of drug-likeness (QED) is 0.217. The Morgan fingerprint density at radius 2 is 1.64 bits per heavy atom. The molecule has 0 amide bonds. The van der Waals surface area contributed by atoms with Gasteiger partial charge in [0.15, 0.2) is 0 Å². The molecule has 2 aromatic rings. The number of non-ortho nitro benzene ring substituents is 1. The van der Waals surface area contributed by atoms with Gasteiger partial charge in [-0.25, -0.2) is 0 Å². The highest BCUT2D eigenvalue weighted by molar-refractivity contribution is 5.53. The summed E-state index contributed by atoms with van der Waals surface area (Å²) in [4.78, 5) is 12.4. The van der Waals surface area contributed by atoms with Gasteiger partial charge in [-0.2, -0.15) is 10.2 Å². The van der Waals surface area contributed by atoms with Crippen LogP contribution in [-0.4, -0.2) is 18.0 Å². The van der Waals surface area contributed by atoms with Crippen molar-refractivity contribution in [1.82, 2.24) is 0 Å². The molecule has 0 saturated heterocycles. The summed E-state index contributed by atoms with van der Waals surface area (Å²) in [7, 11) is 0. The minimum atomic E-state index is -0.442. The number of hydrogen-bond donors (Lipinski definition) is 0. The summed E-state index contributed by atoms with van der Waals surface area (Å²) in [6.45, 7) is 3.94. The molecule has 0 bridgehead atoms. The van der Waals surface area contributed by atoms with E-state index in [1.54, 1.807) is 12.1 Å². The number of hydrogen-bond acceptors (Lipinski definition) is 5. The lowest BCUT2D eigenvalue weighted by atomic mass is 10.2. The van der Waals surface area contributed by atoms with Crippen LogP contribution < -0.4 is 4.90 Å². The number of rotatable bonds is 8. The molecule has 0 heterocycles. The van der Waals surface area contributed by atoms with E-state index in [9.17, 15) is 10.1 Å². The Hall–Kier alpha value is -3.20. The van der Waals surface area contributed by atoms with Gasteiger partial charge in [0.2, 0.25) is 0 Å². The topological polar surface area (TPSA) is 71.1 Å². The van der Waals surface area contributed by atoms with Gasteiger partial charge in [-0.1, -0.05) is 0 Å². The van der Waals surface area contributed by atoms with Gasteiger partial charge >= 0.3 is 0 Å². The minimum Gasteiger partial charge on any atom is -0.372 e. The van der Waals surface area contributed by atoms with Crippen LogP contribution in [0.1, 0.15) is 19.8 Å². The zero-order valence-electron chi connectivity index (χ0n) is 14.1. The van der Waals surface area contributed by atoms with Crippen molar-refractivity contribution in [1.29, 1.82) is 0 Å². The van der Waals surface area contributed by atoms with E-state index < -0.39 is 4.92 Å². The van der Waals surface area contributed by atoms with Crippen LogP contribution in [-0.2, 0) is 0 Å². The molecule has 0 aliphatic carbocycles. The predicted molar refractivity (Wildman–Crippen MR) is 99.7 cm³/mol. The summed E-state index contributed by atoms with van der Waals surface area (Å²) in [5.74, 6) is 2.66. The Kier molecular flexibility index (Phi) is 6.66. The van der Waals surface area contributed by atoms with Crippen molar-refractivity contribution >= 4 is 22.7 Å². The third-order valence-electron chi connectivity index (χ3n) is 3.69. The summed E-state index contributed by atoms with van der Waals surface area (Å²) >= 11 is 0. The standard InChI is InChI=1S/C19H20N4O2/c1-3-5-6-15-22(4-2)18-11-7-16(8-12-18)20-21-17-9-13-19(14-10-17)23(24)25/h1,7-14H,4-6,15H2,2H3. The van der Waals surface area contributed by atoms with Crippen LogP contribution in [0.2, 0.25) is 0 Å². The molecule has 0 atom stereocenters. The Balaban J connectivity index is 2.01. The maximum Gasteiger partial charge on any atom is 0.269 e. The average molecular weight is 336 g/mol.